The fourth-order valence-corrected chi connectivity index (χ4v) is 2.62. The molecule has 4 heteroatoms. The molecule has 20 heavy (non-hydrogen) atoms. The summed E-state index contributed by atoms with van der Waals surface area (Å²) in [6.07, 6.45) is 4.45. The predicted octanol–water partition coefficient (Wildman–Crippen LogP) is 3.93. The lowest BCUT2D eigenvalue weighted by Gasteiger charge is -2.08. The highest BCUT2D eigenvalue weighted by atomic mass is 16.5. The third kappa shape index (κ3) is 2.64. The maximum Gasteiger partial charge on any atom is 0.356 e. The van der Waals surface area contributed by atoms with E-state index in [-0.39, 0.29) is 5.69 Å². The van der Waals surface area contributed by atoms with Crippen LogP contribution in [0.2, 0.25) is 0 Å². The molecule has 0 atom stereocenters. The van der Waals surface area contributed by atoms with E-state index in [2.05, 4.69) is 6.92 Å². The summed E-state index contributed by atoms with van der Waals surface area (Å²) in [4.78, 5) is 11.6. The number of para-hydroxylation sites is 1. The molecule has 0 aliphatic heterocycles. The molecule has 0 bridgehead atoms. The van der Waals surface area contributed by atoms with Crippen molar-refractivity contribution >= 4 is 16.9 Å². The van der Waals surface area contributed by atoms with Crippen LogP contribution in [0.25, 0.3) is 10.9 Å². The zero-order valence-corrected chi connectivity index (χ0v) is 12.1. The number of rotatable bonds is 7. The number of unbranched alkanes of at least 4 members (excludes halogenated alkanes) is 3. The highest BCUT2D eigenvalue weighted by Gasteiger charge is 2.22. The topological polar surface area (TPSA) is 51.5 Å². The molecule has 0 aliphatic carbocycles. The second kappa shape index (κ2) is 6.46. The van der Waals surface area contributed by atoms with Crippen molar-refractivity contribution in [3.05, 3.63) is 30.0 Å². The van der Waals surface area contributed by atoms with Gasteiger partial charge in [0, 0.05) is 11.9 Å². The molecule has 0 aliphatic rings. The zero-order chi connectivity index (χ0) is 14.5. The Labute approximate surface area is 119 Å². The second-order valence-electron chi connectivity index (χ2n) is 4.92. The van der Waals surface area contributed by atoms with Crippen LogP contribution in [0.3, 0.4) is 0 Å². The van der Waals surface area contributed by atoms with E-state index in [1.807, 2.05) is 28.8 Å². The third-order valence-corrected chi connectivity index (χ3v) is 3.57. The van der Waals surface area contributed by atoms with Gasteiger partial charge in [-0.05, 0) is 18.6 Å². The number of aromatic nitrogens is 1. The van der Waals surface area contributed by atoms with Gasteiger partial charge in [0.1, 0.15) is 0 Å². The van der Waals surface area contributed by atoms with Crippen molar-refractivity contribution in [2.45, 2.75) is 39.2 Å². The first kappa shape index (κ1) is 14.4. The standard InChI is InChI=1S/C16H21NO3/c1-3-4-5-8-11-17-13-10-7-6-9-12(13)15(20-2)14(17)16(18)19/h6-7,9-10H,3-5,8,11H2,1-2H3,(H,18,19). The average molecular weight is 275 g/mol. The van der Waals surface area contributed by atoms with Gasteiger partial charge in [0.05, 0.1) is 12.6 Å². The largest absolute Gasteiger partial charge is 0.494 e. The van der Waals surface area contributed by atoms with E-state index in [4.69, 9.17) is 4.74 Å². The lowest BCUT2D eigenvalue weighted by molar-refractivity contribution is 0.0681. The van der Waals surface area contributed by atoms with Gasteiger partial charge in [0.2, 0.25) is 0 Å². The highest BCUT2D eigenvalue weighted by molar-refractivity contribution is 6.01. The molecule has 1 N–H and O–H groups in total. The maximum absolute atomic E-state index is 11.6. The molecule has 0 spiro atoms. The first-order valence-electron chi connectivity index (χ1n) is 7.09. The number of carboxylic acids is 1. The molecule has 0 radical (unpaired) electrons. The van der Waals surface area contributed by atoms with Gasteiger partial charge < -0.3 is 14.4 Å². The molecule has 0 saturated heterocycles. The fraction of sp³-hybridized carbons (Fsp3) is 0.438. The first-order chi connectivity index (χ1) is 9.70. The van der Waals surface area contributed by atoms with Crippen molar-refractivity contribution in [2.24, 2.45) is 0 Å². The third-order valence-electron chi connectivity index (χ3n) is 3.57. The van der Waals surface area contributed by atoms with Crippen LogP contribution in [0.4, 0.5) is 0 Å². The monoisotopic (exact) mass is 275 g/mol. The zero-order valence-electron chi connectivity index (χ0n) is 12.1. The van der Waals surface area contributed by atoms with Crippen molar-refractivity contribution in [3.8, 4) is 5.75 Å². The number of ether oxygens (including phenoxy) is 1. The van der Waals surface area contributed by atoms with Crippen LogP contribution in [-0.4, -0.2) is 22.8 Å². The van der Waals surface area contributed by atoms with E-state index < -0.39 is 5.97 Å². The maximum atomic E-state index is 11.6. The lowest BCUT2D eigenvalue weighted by Crippen LogP contribution is -2.09. The van der Waals surface area contributed by atoms with E-state index in [1.165, 1.54) is 20.0 Å². The highest BCUT2D eigenvalue weighted by Crippen LogP contribution is 2.33. The van der Waals surface area contributed by atoms with Crippen LogP contribution in [0.5, 0.6) is 5.75 Å². The Morgan fingerprint density at radius 1 is 1.25 bits per heavy atom. The van der Waals surface area contributed by atoms with Crippen molar-refractivity contribution in [1.82, 2.24) is 4.57 Å². The SMILES string of the molecule is CCCCCCn1c(C(=O)O)c(OC)c2ccccc21. The second-order valence-corrected chi connectivity index (χ2v) is 4.92. The van der Waals surface area contributed by atoms with E-state index in [0.717, 1.165) is 23.7 Å². The van der Waals surface area contributed by atoms with Gasteiger partial charge in [-0.1, -0.05) is 38.3 Å². The number of fused-ring (bicyclic) bond motifs is 1. The number of aryl methyl sites for hydroxylation is 1. The number of hydrogen-bond acceptors (Lipinski definition) is 2. The first-order valence-corrected chi connectivity index (χ1v) is 7.09. The minimum atomic E-state index is -0.937. The molecule has 0 amide bonds. The van der Waals surface area contributed by atoms with Crippen molar-refractivity contribution < 1.29 is 14.6 Å². The number of carbonyl (C=O) groups is 1. The Bertz CT molecular complexity index is 601. The number of aromatic carboxylic acids is 1. The van der Waals surface area contributed by atoms with Crippen molar-refractivity contribution in [1.29, 1.82) is 0 Å². The van der Waals surface area contributed by atoms with Crippen molar-refractivity contribution in [2.75, 3.05) is 7.11 Å². The Hall–Kier alpha value is -1.97. The molecule has 1 aromatic carbocycles. The Morgan fingerprint density at radius 3 is 2.65 bits per heavy atom. The van der Waals surface area contributed by atoms with Gasteiger partial charge in [-0.25, -0.2) is 4.79 Å². The summed E-state index contributed by atoms with van der Waals surface area (Å²) in [5.74, 6) is -0.475. The molecule has 108 valence electrons. The van der Waals surface area contributed by atoms with Crippen molar-refractivity contribution in [3.63, 3.8) is 0 Å². The molecule has 4 nitrogen and oxygen atoms in total. The minimum absolute atomic E-state index is 0.255. The summed E-state index contributed by atoms with van der Waals surface area (Å²) in [6.45, 7) is 2.88. The summed E-state index contributed by atoms with van der Waals surface area (Å²) in [5, 5.41) is 10.3. The van der Waals surface area contributed by atoms with E-state index in [0.29, 0.717) is 12.3 Å². The molecule has 1 aromatic heterocycles. The Kier molecular flexibility index (Phi) is 4.66. The number of methoxy groups -OCH3 is 1. The Balaban J connectivity index is 2.44. The van der Waals surface area contributed by atoms with E-state index >= 15 is 0 Å². The predicted molar refractivity (Wildman–Crippen MR) is 79.6 cm³/mol. The molecular formula is C16H21NO3. The normalized spacial score (nSPS) is 10.9. The number of benzene rings is 1. The van der Waals surface area contributed by atoms with E-state index in [1.54, 1.807) is 0 Å². The summed E-state index contributed by atoms with van der Waals surface area (Å²) in [7, 11) is 1.52. The van der Waals surface area contributed by atoms with E-state index in [9.17, 15) is 9.90 Å². The van der Waals surface area contributed by atoms with Gasteiger partial charge in [0.15, 0.2) is 11.4 Å². The summed E-state index contributed by atoms with van der Waals surface area (Å²) < 4.78 is 7.19. The Morgan fingerprint density at radius 2 is 2.00 bits per heavy atom. The average Bonchev–Trinajstić information content (AvgIpc) is 2.77. The molecular weight excluding hydrogens is 254 g/mol. The van der Waals surface area contributed by atoms with Crippen LogP contribution in [0.1, 0.15) is 43.1 Å². The minimum Gasteiger partial charge on any atom is -0.494 e. The van der Waals surface area contributed by atoms with Crippen LogP contribution < -0.4 is 4.74 Å². The molecule has 2 rings (SSSR count). The summed E-state index contributed by atoms with van der Waals surface area (Å²) >= 11 is 0. The van der Waals surface area contributed by atoms with Crippen LogP contribution in [0.15, 0.2) is 24.3 Å². The van der Waals surface area contributed by atoms with Gasteiger partial charge in [-0.3, -0.25) is 0 Å². The lowest BCUT2D eigenvalue weighted by atomic mass is 10.2. The van der Waals surface area contributed by atoms with Gasteiger partial charge >= 0.3 is 5.97 Å². The van der Waals surface area contributed by atoms with Crippen LogP contribution in [0, 0.1) is 0 Å². The van der Waals surface area contributed by atoms with Gasteiger partial charge in [-0.15, -0.1) is 0 Å². The number of hydrogen-bond donors (Lipinski definition) is 1. The van der Waals surface area contributed by atoms with Gasteiger partial charge in [-0.2, -0.15) is 0 Å². The summed E-state index contributed by atoms with van der Waals surface area (Å²) in [6, 6.07) is 7.68. The number of nitrogens with zero attached hydrogens (tertiary/aromatic N) is 1. The molecule has 0 saturated carbocycles. The van der Waals surface area contributed by atoms with Crippen LogP contribution in [-0.2, 0) is 6.54 Å². The number of carboxylic acid groups (broad SMARTS) is 1. The molecule has 0 fully saturated rings. The smallest absolute Gasteiger partial charge is 0.356 e. The van der Waals surface area contributed by atoms with Crippen LogP contribution >= 0.6 is 0 Å². The molecule has 0 unspecified atom stereocenters. The quantitative estimate of drug-likeness (QED) is 0.779. The molecule has 1 heterocycles. The summed E-state index contributed by atoms with van der Waals surface area (Å²) in [5.41, 5.74) is 1.18. The van der Waals surface area contributed by atoms with Gasteiger partial charge in [0.25, 0.3) is 0 Å². The molecule has 2 aromatic rings. The fourth-order valence-electron chi connectivity index (χ4n) is 2.62.